The van der Waals surface area contributed by atoms with Crippen molar-refractivity contribution in [2.75, 3.05) is 0 Å². The lowest BCUT2D eigenvalue weighted by molar-refractivity contribution is 0.592. The van der Waals surface area contributed by atoms with Crippen LogP contribution < -0.4 is 15.9 Å². The third-order valence-electron chi connectivity index (χ3n) is 8.53. The number of rotatable bonds is 5. The van der Waals surface area contributed by atoms with E-state index in [-0.39, 0.29) is 0 Å². The SMILES string of the molecule is O=P(c1ccccc1)(c1ccccc1)c1cccc(-c2ccc(-c3nc4ccccc4c4c3ccc3ccccc34)cc2)c1. The molecule has 0 fully saturated rings. The van der Waals surface area contributed by atoms with E-state index in [0.717, 1.165) is 54.6 Å². The van der Waals surface area contributed by atoms with Gasteiger partial charge in [0.25, 0.3) is 0 Å². The summed E-state index contributed by atoms with van der Waals surface area (Å²) < 4.78 is 15.0. The third kappa shape index (κ3) is 4.35. The van der Waals surface area contributed by atoms with E-state index in [1.165, 1.54) is 16.2 Å². The van der Waals surface area contributed by atoms with Gasteiger partial charge in [-0.3, -0.25) is 0 Å². The van der Waals surface area contributed by atoms with Crippen molar-refractivity contribution >= 4 is 55.5 Å². The second kappa shape index (κ2) is 10.8. The summed E-state index contributed by atoms with van der Waals surface area (Å²) in [4.78, 5) is 5.16. The fourth-order valence-corrected chi connectivity index (χ4v) is 9.06. The van der Waals surface area contributed by atoms with E-state index < -0.39 is 7.14 Å². The van der Waals surface area contributed by atoms with Crippen molar-refractivity contribution < 1.29 is 4.57 Å². The second-order valence-electron chi connectivity index (χ2n) is 11.1. The van der Waals surface area contributed by atoms with Crippen LogP contribution in [0.2, 0.25) is 0 Å². The van der Waals surface area contributed by atoms with Crippen LogP contribution in [-0.2, 0) is 4.57 Å². The van der Waals surface area contributed by atoms with Crippen LogP contribution in [0, 0.1) is 0 Å². The molecule has 0 aliphatic rings. The van der Waals surface area contributed by atoms with Gasteiger partial charge in [-0.15, -0.1) is 0 Å². The van der Waals surface area contributed by atoms with Gasteiger partial charge in [0.15, 0.2) is 7.14 Å². The van der Waals surface area contributed by atoms with E-state index in [1.54, 1.807) is 0 Å². The summed E-state index contributed by atoms with van der Waals surface area (Å²) in [6.45, 7) is 0. The number of nitrogens with zero attached hydrogens (tertiary/aromatic N) is 1. The summed E-state index contributed by atoms with van der Waals surface area (Å²) in [6.07, 6.45) is 0. The van der Waals surface area contributed by atoms with Crippen LogP contribution in [0.3, 0.4) is 0 Å². The first-order chi connectivity index (χ1) is 21.7. The molecule has 0 spiro atoms. The summed E-state index contributed by atoms with van der Waals surface area (Å²) in [7, 11) is -3.06. The molecule has 44 heavy (non-hydrogen) atoms. The predicted octanol–water partition coefficient (Wildman–Crippen LogP) is 9.51. The lowest BCUT2D eigenvalue weighted by atomic mass is 9.94. The smallest absolute Gasteiger partial charge is 0.171 e. The highest BCUT2D eigenvalue weighted by Crippen LogP contribution is 2.43. The Bertz CT molecular complexity index is 2290. The largest absolute Gasteiger partial charge is 0.309 e. The van der Waals surface area contributed by atoms with Gasteiger partial charge >= 0.3 is 0 Å². The molecule has 8 aromatic rings. The van der Waals surface area contributed by atoms with E-state index in [9.17, 15) is 4.57 Å². The molecule has 8 rings (SSSR count). The van der Waals surface area contributed by atoms with Gasteiger partial charge in [-0.1, -0.05) is 158 Å². The maximum atomic E-state index is 15.0. The molecule has 208 valence electrons. The van der Waals surface area contributed by atoms with Crippen LogP contribution >= 0.6 is 7.14 Å². The first-order valence-corrected chi connectivity index (χ1v) is 16.5. The number of pyridine rings is 1. The van der Waals surface area contributed by atoms with E-state index in [2.05, 4.69) is 97.1 Å². The van der Waals surface area contributed by atoms with Gasteiger partial charge in [0.1, 0.15) is 0 Å². The van der Waals surface area contributed by atoms with Gasteiger partial charge < -0.3 is 4.57 Å². The Labute approximate surface area is 256 Å². The average molecular weight is 582 g/mol. The molecule has 0 bridgehead atoms. The highest BCUT2D eigenvalue weighted by atomic mass is 31.2. The van der Waals surface area contributed by atoms with E-state index >= 15 is 0 Å². The van der Waals surface area contributed by atoms with Gasteiger partial charge in [-0.05, 0) is 34.0 Å². The normalized spacial score (nSPS) is 11.7. The maximum absolute atomic E-state index is 15.0. The highest BCUT2D eigenvalue weighted by Gasteiger charge is 2.29. The summed E-state index contributed by atoms with van der Waals surface area (Å²) in [5, 5.41) is 8.49. The number of hydrogen-bond donors (Lipinski definition) is 0. The van der Waals surface area contributed by atoms with E-state index in [1.807, 2.05) is 72.8 Å². The molecule has 0 atom stereocenters. The number of fused-ring (bicyclic) bond motifs is 5. The lowest BCUT2D eigenvalue weighted by Crippen LogP contribution is -2.25. The fourth-order valence-electron chi connectivity index (χ4n) is 6.37. The highest BCUT2D eigenvalue weighted by molar-refractivity contribution is 7.85. The molecule has 0 saturated heterocycles. The summed E-state index contributed by atoms with van der Waals surface area (Å²) >= 11 is 0. The predicted molar refractivity (Wildman–Crippen MR) is 187 cm³/mol. The van der Waals surface area contributed by atoms with Crippen molar-refractivity contribution in [1.82, 2.24) is 4.98 Å². The molecule has 7 aromatic carbocycles. The van der Waals surface area contributed by atoms with Crippen molar-refractivity contribution in [2.24, 2.45) is 0 Å². The molecule has 3 heteroatoms. The summed E-state index contributed by atoms with van der Waals surface area (Å²) in [6, 6.07) is 57.8. The molecule has 0 radical (unpaired) electrons. The third-order valence-corrected chi connectivity index (χ3v) is 11.6. The quantitative estimate of drug-likeness (QED) is 0.150. The van der Waals surface area contributed by atoms with E-state index in [0.29, 0.717) is 0 Å². The van der Waals surface area contributed by atoms with Crippen LogP contribution in [0.25, 0.3) is 54.8 Å². The van der Waals surface area contributed by atoms with Gasteiger partial charge in [-0.25, -0.2) is 4.98 Å². The molecular formula is C41H28NOP. The Balaban J connectivity index is 1.25. The Morgan fingerprint density at radius 1 is 0.409 bits per heavy atom. The second-order valence-corrected chi connectivity index (χ2v) is 13.9. The molecular weight excluding hydrogens is 553 g/mol. The van der Waals surface area contributed by atoms with Crippen molar-refractivity contribution in [3.63, 3.8) is 0 Å². The van der Waals surface area contributed by atoms with Gasteiger partial charge in [-0.2, -0.15) is 0 Å². The van der Waals surface area contributed by atoms with Crippen LogP contribution in [-0.4, -0.2) is 4.98 Å². The van der Waals surface area contributed by atoms with Gasteiger partial charge in [0.05, 0.1) is 11.2 Å². The minimum absolute atomic E-state index is 0.825. The molecule has 1 aromatic heterocycles. The zero-order chi connectivity index (χ0) is 29.5. The molecule has 0 N–H and O–H groups in total. The van der Waals surface area contributed by atoms with Crippen molar-refractivity contribution in [1.29, 1.82) is 0 Å². The zero-order valence-corrected chi connectivity index (χ0v) is 24.9. The maximum Gasteiger partial charge on any atom is 0.171 e. The standard InChI is InChI=1S/C41H28NOP/c43-44(33-14-3-1-4-15-33,34-16-5-2-6-17-34)35-18-11-13-32(28-35)29-22-24-31(25-23-29)41-38-27-26-30-12-7-8-19-36(30)40(38)37-20-9-10-21-39(37)42-41/h1-28H. The Morgan fingerprint density at radius 2 is 1.00 bits per heavy atom. The number of benzene rings is 7. The Morgan fingerprint density at radius 3 is 1.73 bits per heavy atom. The topological polar surface area (TPSA) is 30.0 Å². The van der Waals surface area contributed by atoms with Crippen molar-refractivity contribution in [3.8, 4) is 22.4 Å². The first-order valence-electron chi connectivity index (χ1n) is 14.8. The van der Waals surface area contributed by atoms with Crippen LogP contribution in [0.4, 0.5) is 0 Å². The monoisotopic (exact) mass is 581 g/mol. The van der Waals surface area contributed by atoms with Gasteiger partial charge in [0, 0.05) is 37.6 Å². The summed E-state index contributed by atoms with van der Waals surface area (Å²) in [5.41, 5.74) is 5.13. The molecule has 0 aliphatic heterocycles. The van der Waals surface area contributed by atoms with Crippen LogP contribution in [0.5, 0.6) is 0 Å². The fraction of sp³-hybridized carbons (Fsp3) is 0. The Hall–Kier alpha value is -5.30. The number of aromatic nitrogens is 1. The lowest BCUT2D eigenvalue weighted by Gasteiger charge is -2.20. The van der Waals surface area contributed by atoms with Crippen molar-refractivity contribution in [3.05, 3.63) is 170 Å². The van der Waals surface area contributed by atoms with Crippen molar-refractivity contribution in [2.45, 2.75) is 0 Å². The summed E-state index contributed by atoms with van der Waals surface area (Å²) in [5.74, 6) is 0. The van der Waals surface area contributed by atoms with Crippen LogP contribution in [0.1, 0.15) is 0 Å². The molecule has 2 nitrogen and oxygen atoms in total. The first kappa shape index (κ1) is 26.3. The van der Waals surface area contributed by atoms with Crippen LogP contribution in [0.15, 0.2) is 170 Å². The number of para-hydroxylation sites is 1. The molecule has 1 heterocycles. The molecule has 0 amide bonds. The van der Waals surface area contributed by atoms with E-state index in [4.69, 9.17) is 4.98 Å². The molecule has 0 saturated carbocycles. The number of hydrogen-bond acceptors (Lipinski definition) is 2. The molecule has 0 unspecified atom stereocenters. The average Bonchev–Trinajstić information content (AvgIpc) is 3.11. The zero-order valence-electron chi connectivity index (χ0n) is 24.0. The minimum atomic E-state index is -3.06. The van der Waals surface area contributed by atoms with Gasteiger partial charge in [0.2, 0.25) is 0 Å². The minimum Gasteiger partial charge on any atom is -0.309 e. The Kier molecular flexibility index (Phi) is 6.44. The molecule has 0 aliphatic carbocycles.